The Kier molecular flexibility index (Phi) is 5.29. The molecule has 3 aromatic rings. The van der Waals surface area contributed by atoms with Gasteiger partial charge in [-0.2, -0.15) is 0 Å². The van der Waals surface area contributed by atoms with Gasteiger partial charge < -0.3 is 9.64 Å². The summed E-state index contributed by atoms with van der Waals surface area (Å²) in [5.74, 6) is 1.81. The van der Waals surface area contributed by atoms with E-state index in [1.807, 2.05) is 35.0 Å². The number of ether oxygens (including phenoxy) is 1. The summed E-state index contributed by atoms with van der Waals surface area (Å²) < 4.78 is 7.23. The Morgan fingerprint density at radius 2 is 1.74 bits per heavy atom. The van der Waals surface area contributed by atoms with Crippen molar-refractivity contribution in [3.8, 4) is 5.75 Å². The van der Waals surface area contributed by atoms with Gasteiger partial charge in [0.2, 0.25) is 0 Å². The van der Waals surface area contributed by atoms with Crippen molar-refractivity contribution in [3.63, 3.8) is 0 Å². The highest BCUT2D eigenvalue weighted by Gasteiger charge is 2.20. The number of aromatic nitrogens is 4. The molecule has 0 N–H and O–H groups in total. The number of hydrogen-bond donors (Lipinski definition) is 0. The van der Waals surface area contributed by atoms with E-state index in [9.17, 15) is 0 Å². The van der Waals surface area contributed by atoms with E-state index in [4.69, 9.17) is 4.74 Å². The van der Waals surface area contributed by atoms with Crippen LogP contribution in [-0.2, 0) is 13.1 Å². The Bertz CT molecular complexity index is 858. The molecule has 1 aromatic heterocycles. The molecule has 0 bridgehead atoms. The van der Waals surface area contributed by atoms with Gasteiger partial charge in [-0.1, -0.05) is 36.4 Å². The molecule has 0 spiro atoms. The first-order valence-corrected chi connectivity index (χ1v) is 9.22. The molecular formula is C20H24N6O. The van der Waals surface area contributed by atoms with Gasteiger partial charge in [-0.3, -0.25) is 4.90 Å². The van der Waals surface area contributed by atoms with Crippen molar-refractivity contribution in [1.29, 1.82) is 0 Å². The van der Waals surface area contributed by atoms with E-state index >= 15 is 0 Å². The second kappa shape index (κ2) is 8.18. The van der Waals surface area contributed by atoms with Crippen LogP contribution < -0.4 is 9.64 Å². The van der Waals surface area contributed by atoms with Gasteiger partial charge >= 0.3 is 0 Å². The third kappa shape index (κ3) is 4.25. The molecule has 140 valence electrons. The Morgan fingerprint density at radius 3 is 2.52 bits per heavy atom. The molecule has 0 amide bonds. The summed E-state index contributed by atoms with van der Waals surface area (Å²) in [5, 5.41) is 12.3. The molecule has 0 aliphatic carbocycles. The van der Waals surface area contributed by atoms with Gasteiger partial charge in [-0.05, 0) is 28.1 Å². The Labute approximate surface area is 159 Å². The molecule has 2 aromatic carbocycles. The van der Waals surface area contributed by atoms with Gasteiger partial charge in [0.1, 0.15) is 5.75 Å². The molecule has 7 nitrogen and oxygen atoms in total. The van der Waals surface area contributed by atoms with E-state index in [1.54, 1.807) is 7.11 Å². The normalized spacial score (nSPS) is 15.1. The summed E-state index contributed by atoms with van der Waals surface area (Å²) in [5.41, 5.74) is 2.41. The third-order valence-corrected chi connectivity index (χ3v) is 4.94. The SMILES string of the molecule is COc1cccc(N2CCN(Cc3nnnn3Cc3ccccc3)CC2)c1. The smallest absolute Gasteiger partial charge is 0.165 e. The van der Waals surface area contributed by atoms with Crippen LogP contribution in [0.4, 0.5) is 5.69 Å². The first-order chi connectivity index (χ1) is 13.3. The zero-order valence-electron chi connectivity index (χ0n) is 15.5. The molecule has 0 atom stereocenters. The van der Waals surface area contributed by atoms with Gasteiger partial charge in [0.15, 0.2) is 5.82 Å². The number of anilines is 1. The van der Waals surface area contributed by atoms with Crippen molar-refractivity contribution in [3.05, 3.63) is 66.0 Å². The second-order valence-corrected chi connectivity index (χ2v) is 6.70. The van der Waals surface area contributed by atoms with Crippen LogP contribution in [0.25, 0.3) is 0 Å². The molecule has 1 aliphatic rings. The largest absolute Gasteiger partial charge is 0.497 e. The average Bonchev–Trinajstić information content (AvgIpc) is 3.16. The van der Waals surface area contributed by atoms with Crippen LogP contribution in [-0.4, -0.2) is 58.4 Å². The highest BCUT2D eigenvalue weighted by atomic mass is 16.5. The molecule has 1 saturated heterocycles. The molecule has 27 heavy (non-hydrogen) atoms. The zero-order chi connectivity index (χ0) is 18.5. The number of nitrogens with zero attached hydrogens (tertiary/aromatic N) is 6. The summed E-state index contributed by atoms with van der Waals surface area (Å²) in [6, 6.07) is 18.5. The third-order valence-electron chi connectivity index (χ3n) is 4.94. The van der Waals surface area contributed by atoms with E-state index in [0.717, 1.165) is 44.3 Å². The topological polar surface area (TPSA) is 59.3 Å². The zero-order valence-corrected chi connectivity index (χ0v) is 15.5. The fourth-order valence-corrected chi connectivity index (χ4v) is 3.39. The molecular weight excluding hydrogens is 340 g/mol. The van der Waals surface area contributed by atoms with E-state index in [2.05, 4.69) is 49.6 Å². The van der Waals surface area contributed by atoms with E-state index in [-0.39, 0.29) is 0 Å². The van der Waals surface area contributed by atoms with Crippen LogP contribution in [0.2, 0.25) is 0 Å². The fraction of sp³-hybridized carbons (Fsp3) is 0.350. The van der Waals surface area contributed by atoms with E-state index < -0.39 is 0 Å². The van der Waals surface area contributed by atoms with Crippen molar-refractivity contribution in [2.75, 3.05) is 38.2 Å². The van der Waals surface area contributed by atoms with Crippen molar-refractivity contribution in [1.82, 2.24) is 25.1 Å². The lowest BCUT2D eigenvalue weighted by Gasteiger charge is -2.35. The monoisotopic (exact) mass is 364 g/mol. The van der Waals surface area contributed by atoms with E-state index in [1.165, 1.54) is 11.3 Å². The van der Waals surface area contributed by atoms with Crippen molar-refractivity contribution < 1.29 is 4.74 Å². The molecule has 1 aliphatic heterocycles. The lowest BCUT2D eigenvalue weighted by Crippen LogP contribution is -2.46. The highest BCUT2D eigenvalue weighted by Crippen LogP contribution is 2.22. The Hall–Kier alpha value is -2.93. The van der Waals surface area contributed by atoms with E-state index in [0.29, 0.717) is 6.54 Å². The lowest BCUT2D eigenvalue weighted by atomic mass is 10.2. The maximum Gasteiger partial charge on any atom is 0.165 e. The van der Waals surface area contributed by atoms with Crippen molar-refractivity contribution >= 4 is 5.69 Å². The summed E-state index contributed by atoms with van der Waals surface area (Å²) in [7, 11) is 1.71. The minimum absolute atomic E-state index is 0.701. The molecule has 4 rings (SSSR count). The Balaban J connectivity index is 1.35. The maximum atomic E-state index is 5.34. The number of piperazine rings is 1. The summed E-state index contributed by atoms with van der Waals surface area (Å²) in [6.45, 7) is 5.39. The van der Waals surface area contributed by atoms with Gasteiger partial charge in [0.25, 0.3) is 0 Å². The van der Waals surface area contributed by atoms with Gasteiger partial charge in [0, 0.05) is 37.9 Å². The van der Waals surface area contributed by atoms with Crippen LogP contribution in [0.15, 0.2) is 54.6 Å². The highest BCUT2D eigenvalue weighted by molar-refractivity contribution is 5.51. The number of methoxy groups -OCH3 is 1. The predicted octanol–water partition coefficient (Wildman–Crippen LogP) is 2.05. The molecule has 0 unspecified atom stereocenters. The molecule has 2 heterocycles. The van der Waals surface area contributed by atoms with Crippen molar-refractivity contribution in [2.45, 2.75) is 13.1 Å². The first kappa shape index (κ1) is 17.5. The minimum Gasteiger partial charge on any atom is -0.497 e. The van der Waals surface area contributed by atoms with Gasteiger partial charge in [-0.15, -0.1) is 5.10 Å². The van der Waals surface area contributed by atoms with Crippen LogP contribution in [0.5, 0.6) is 5.75 Å². The van der Waals surface area contributed by atoms with Gasteiger partial charge in [0.05, 0.1) is 20.2 Å². The minimum atomic E-state index is 0.701. The summed E-state index contributed by atoms with van der Waals surface area (Å²) >= 11 is 0. The quantitative estimate of drug-likeness (QED) is 0.667. The number of rotatable bonds is 6. The van der Waals surface area contributed by atoms with Crippen LogP contribution in [0.3, 0.4) is 0 Å². The average molecular weight is 364 g/mol. The van der Waals surface area contributed by atoms with Crippen LogP contribution >= 0.6 is 0 Å². The maximum absolute atomic E-state index is 5.34. The standard InChI is InChI=1S/C20H24N6O/c1-27-19-9-5-8-18(14-19)25-12-10-24(11-13-25)16-20-21-22-23-26(20)15-17-6-3-2-4-7-17/h2-9,14H,10-13,15-16H2,1H3. The molecule has 7 heteroatoms. The molecule has 1 fully saturated rings. The first-order valence-electron chi connectivity index (χ1n) is 9.22. The fourth-order valence-electron chi connectivity index (χ4n) is 3.39. The van der Waals surface area contributed by atoms with Gasteiger partial charge in [-0.25, -0.2) is 4.68 Å². The second-order valence-electron chi connectivity index (χ2n) is 6.70. The Morgan fingerprint density at radius 1 is 0.926 bits per heavy atom. The van der Waals surface area contributed by atoms with Crippen molar-refractivity contribution in [2.24, 2.45) is 0 Å². The summed E-state index contributed by atoms with van der Waals surface area (Å²) in [6.07, 6.45) is 0. The predicted molar refractivity (Wildman–Crippen MR) is 104 cm³/mol. The van der Waals surface area contributed by atoms with Crippen LogP contribution in [0, 0.1) is 0 Å². The number of hydrogen-bond acceptors (Lipinski definition) is 6. The number of tetrazole rings is 1. The lowest BCUT2D eigenvalue weighted by molar-refractivity contribution is 0.240. The van der Waals surface area contributed by atoms with Crippen LogP contribution in [0.1, 0.15) is 11.4 Å². The molecule has 0 radical (unpaired) electrons. The summed E-state index contributed by atoms with van der Waals surface area (Å²) in [4.78, 5) is 4.80. The number of benzene rings is 2. The molecule has 0 saturated carbocycles.